The molecule has 1 fully saturated rings. The highest BCUT2D eigenvalue weighted by Crippen LogP contribution is 2.43. The molecule has 37 heavy (non-hydrogen) atoms. The van der Waals surface area contributed by atoms with Crippen LogP contribution >= 0.6 is 31.9 Å². The summed E-state index contributed by atoms with van der Waals surface area (Å²) in [6, 6.07) is 9.56. The van der Waals surface area contributed by atoms with Crippen molar-refractivity contribution in [2.24, 2.45) is 0 Å². The van der Waals surface area contributed by atoms with Crippen molar-refractivity contribution in [3.63, 3.8) is 0 Å². The van der Waals surface area contributed by atoms with Gasteiger partial charge in [-0.2, -0.15) is 0 Å². The molecular formula is C24H15Br2FN4O6. The lowest BCUT2D eigenvalue weighted by Crippen LogP contribution is -2.21. The fourth-order valence-corrected chi connectivity index (χ4v) is 5.07. The minimum atomic E-state index is -0.794. The Morgan fingerprint density at radius 3 is 2.46 bits per heavy atom. The van der Waals surface area contributed by atoms with Gasteiger partial charge in [-0.05, 0) is 75.0 Å². The number of nitrogens with one attached hydrogen (secondary N) is 1. The van der Waals surface area contributed by atoms with Crippen molar-refractivity contribution < 1.29 is 28.2 Å². The van der Waals surface area contributed by atoms with Crippen LogP contribution < -0.4 is 5.32 Å². The molecule has 0 spiro atoms. The lowest BCUT2D eigenvalue weighted by molar-refractivity contribution is -0.385. The van der Waals surface area contributed by atoms with Crippen LogP contribution in [0.2, 0.25) is 0 Å². The predicted octanol–water partition coefficient (Wildman–Crippen LogP) is 6.14. The highest BCUT2D eigenvalue weighted by atomic mass is 79.9. The summed E-state index contributed by atoms with van der Waals surface area (Å²) in [5.74, 6) is -1.73. The molecule has 1 aliphatic carbocycles. The maximum Gasteiger partial charge on any atom is 0.339 e. The molecule has 4 aromatic rings. The van der Waals surface area contributed by atoms with Gasteiger partial charge in [-0.3, -0.25) is 14.9 Å². The first-order valence-corrected chi connectivity index (χ1v) is 12.5. The Bertz CT molecular complexity index is 1550. The highest BCUT2D eigenvalue weighted by molar-refractivity contribution is 9.11. The zero-order chi connectivity index (χ0) is 26.3. The van der Waals surface area contributed by atoms with Gasteiger partial charge >= 0.3 is 5.97 Å². The van der Waals surface area contributed by atoms with Crippen molar-refractivity contribution in [1.82, 2.24) is 10.1 Å². The molecule has 188 valence electrons. The molecule has 2 heterocycles. The summed E-state index contributed by atoms with van der Waals surface area (Å²) < 4.78 is 24.6. The lowest BCUT2D eigenvalue weighted by atomic mass is 10.0. The Hall–Kier alpha value is -3.71. The lowest BCUT2D eigenvalue weighted by Gasteiger charge is -2.11. The van der Waals surface area contributed by atoms with Crippen LogP contribution in [0.5, 0.6) is 0 Å². The Balaban J connectivity index is 1.39. The summed E-state index contributed by atoms with van der Waals surface area (Å²) in [5, 5.41) is 18.1. The SMILES string of the molecule is O=C(COC(=O)c1cc(-c2ccc(F)cc2)nc2onc(C3CC3)c12)Nc1c(Br)cc([N+](=O)[O-])cc1Br. The van der Waals surface area contributed by atoms with E-state index in [4.69, 9.17) is 9.26 Å². The number of ether oxygens (including phenoxy) is 1. The summed E-state index contributed by atoms with van der Waals surface area (Å²) in [6.07, 6.45) is 1.80. The number of nitro benzene ring substituents is 1. The van der Waals surface area contributed by atoms with Gasteiger partial charge in [-0.15, -0.1) is 0 Å². The third kappa shape index (κ3) is 5.23. The van der Waals surface area contributed by atoms with Crippen LogP contribution in [-0.2, 0) is 9.53 Å². The molecule has 1 saturated carbocycles. The molecule has 0 aliphatic heterocycles. The summed E-state index contributed by atoms with van der Waals surface area (Å²) in [5.41, 5.74) is 1.82. The number of nitrogens with zero attached hydrogens (tertiary/aromatic N) is 3. The first kappa shape index (κ1) is 25.0. The molecular weight excluding hydrogens is 619 g/mol. The standard InChI is InChI=1S/C24H15Br2FN4O6/c25-16-7-14(31(34)35)8-17(26)22(16)29-19(32)10-36-24(33)15-9-18(11-3-5-13(27)6-4-11)28-23-20(15)21(30-37-23)12-1-2-12/h3-9,12H,1-2,10H2,(H,29,32). The van der Waals surface area contributed by atoms with Crippen LogP contribution in [0.3, 0.4) is 0 Å². The second kappa shape index (κ2) is 9.98. The van der Waals surface area contributed by atoms with Gasteiger partial charge in [0.05, 0.1) is 32.9 Å². The molecule has 0 bridgehead atoms. The van der Waals surface area contributed by atoms with Crippen molar-refractivity contribution in [3.8, 4) is 11.3 Å². The Kier molecular flexibility index (Phi) is 6.73. The molecule has 1 amide bonds. The summed E-state index contributed by atoms with van der Waals surface area (Å²) in [4.78, 5) is 40.6. The zero-order valence-corrected chi connectivity index (χ0v) is 21.8. The minimum absolute atomic E-state index is 0.123. The van der Waals surface area contributed by atoms with Gasteiger partial charge in [0.2, 0.25) is 0 Å². The van der Waals surface area contributed by atoms with Gasteiger partial charge in [0.25, 0.3) is 17.3 Å². The number of carbonyl (C=O) groups excluding carboxylic acids is 2. The molecule has 2 aromatic heterocycles. The van der Waals surface area contributed by atoms with Gasteiger partial charge < -0.3 is 14.6 Å². The average Bonchev–Trinajstić information content (AvgIpc) is 3.63. The van der Waals surface area contributed by atoms with E-state index in [-0.39, 0.29) is 37.5 Å². The molecule has 0 unspecified atom stereocenters. The van der Waals surface area contributed by atoms with E-state index in [0.29, 0.717) is 22.3 Å². The van der Waals surface area contributed by atoms with E-state index in [1.54, 1.807) is 0 Å². The second-order valence-corrected chi connectivity index (χ2v) is 9.96. The number of aromatic nitrogens is 2. The van der Waals surface area contributed by atoms with E-state index in [0.717, 1.165) is 12.8 Å². The maximum absolute atomic E-state index is 13.4. The smallest absolute Gasteiger partial charge is 0.339 e. The highest BCUT2D eigenvalue weighted by Gasteiger charge is 2.32. The van der Waals surface area contributed by atoms with Gasteiger partial charge in [0, 0.05) is 32.6 Å². The monoisotopic (exact) mass is 632 g/mol. The maximum atomic E-state index is 13.4. The number of esters is 1. The third-order valence-corrected chi connectivity index (χ3v) is 6.88. The topological polar surface area (TPSA) is 137 Å². The van der Waals surface area contributed by atoms with Gasteiger partial charge in [-0.1, -0.05) is 5.16 Å². The van der Waals surface area contributed by atoms with E-state index < -0.39 is 29.2 Å². The summed E-state index contributed by atoms with van der Waals surface area (Å²) >= 11 is 6.38. The minimum Gasteiger partial charge on any atom is -0.452 e. The largest absolute Gasteiger partial charge is 0.452 e. The number of fused-ring (bicyclic) bond motifs is 1. The normalized spacial score (nSPS) is 12.9. The molecule has 0 radical (unpaired) electrons. The number of amides is 1. The van der Waals surface area contributed by atoms with Crippen molar-refractivity contribution in [2.75, 3.05) is 11.9 Å². The van der Waals surface area contributed by atoms with Crippen LogP contribution in [0.25, 0.3) is 22.4 Å². The molecule has 5 rings (SSSR count). The van der Waals surface area contributed by atoms with E-state index >= 15 is 0 Å². The molecule has 13 heteroatoms. The van der Waals surface area contributed by atoms with Gasteiger partial charge in [0.15, 0.2) is 6.61 Å². The van der Waals surface area contributed by atoms with Crippen molar-refractivity contribution in [3.05, 3.63) is 78.6 Å². The molecule has 2 aromatic carbocycles. The van der Waals surface area contributed by atoms with Crippen LogP contribution in [-0.4, -0.2) is 33.5 Å². The third-order valence-electron chi connectivity index (χ3n) is 5.63. The second-order valence-electron chi connectivity index (χ2n) is 8.25. The number of carbonyl (C=O) groups is 2. The molecule has 1 aliphatic rings. The number of halogens is 3. The fourth-order valence-electron chi connectivity index (χ4n) is 3.71. The predicted molar refractivity (Wildman–Crippen MR) is 137 cm³/mol. The number of anilines is 1. The van der Waals surface area contributed by atoms with Crippen molar-refractivity contribution in [1.29, 1.82) is 0 Å². The molecule has 0 atom stereocenters. The number of pyridine rings is 1. The number of rotatable bonds is 7. The Morgan fingerprint density at radius 2 is 1.84 bits per heavy atom. The van der Waals surface area contributed by atoms with Crippen LogP contribution in [0.4, 0.5) is 15.8 Å². The van der Waals surface area contributed by atoms with E-state index in [9.17, 15) is 24.1 Å². The van der Waals surface area contributed by atoms with E-state index in [1.165, 1.54) is 42.5 Å². The summed E-state index contributed by atoms with van der Waals surface area (Å²) in [6.45, 7) is -0.631. The number of hydrogen-bond donors (Lipinski definition) is 1. The molecule has 1 N–H and O–H groups in total. The summed E-state index contributed by atoms with van der Waals surface area (Å²) in [7, 11) is 0. The first-order chi connectivity index (χ1) is 17.7. The fraction of sp³-hybridized carbons (Fsp3) is 0.167. The Morgan fingerprint density at radius 1 is 1.16 bits per heavy atom. The Labute approximate surface area is 224 Å². The molecule has 10 nitrogen and oxygen atoms in total. The number of non-ortho nitro benzene ring substituents is 1. The molecule has 0 saturated heterocycles. The van der Waals surface area contributed by atoms with Gasteiger partial charge in [0.1, 0.15) is 5.82 Å². The van der Waals surface area contributed by atoms with Crippen molar-refractivity contribution >= 4 is 66.2 Å². The number of benzene rings is 2. The van der Waals surface area contributed by atoms with E-state index in [2.05, 4.69) is 47.3 Å². The van der Waals surface area contributed by atoms with Crippen LogP contribution in [0.1, 0.15) is 34.8 Å². The number of hydrogen-bond acceptors (Lipinski definition) is 8. The first-order valence-electron chi connectivity index (χ1n) is 10.9. The quantitative estimate of drug-likeness (QED) is 0.146. The average molecular weight is 634 g/mol. The van der Waals surface area contributed by atoms with Crippen molar-refractivity contribution in [2.45, 2.75) is 18.8 Å². The van der Waals surface area contributed by atoms with Gasteiger partial charge in [-0.25, -0.2) is 14.2 Å². The van der Waals surface area contributed by atoms with Crippen LogP contribution in [0.15, 0.2) is 55.9 Å². The zero-order valence-electron chi connectivity index (χ0n) is 18.7. The number of nitro groups is 1. The van der Waals surface area contributed by atoms with E-state index in [1.807, 2.05) is 0 Å². The van der Waals surface area contributed by atoms with Crippen LogP contribution in [0, 0.1) is 15.9 Å².